The van der Waals surface area contributed by atoms with E-state index in [1.165, 1.54) is 18.4 Å². The van der Waals surface area contributed by atoms with Crippen LogP contribution in [0, 0.1) is 6.92 Å². The molecule has 0 amide bonds. The molecule has 2 N–H and O–H groups in total. The van der Waals surface area contributed by atoms with Crippen LogP contribution in [0.3, 0.4) is 0 Å². The lowest BCUT2D eigenvalue weighted by molar-refractivity contribution is 0.711. The van der Waals surface area contributed by atoms with Gasteiger partial charge in [0.05, 0.1) is 0 Å². The number of anilines is 1. The van der Waals surface area contributed by atoms with E-state index >= 15 is 0 Å². The molecule has 108 valence electrons. The Morgan fingerprint density at radius 2 is 2.00 bits per heavy atom. The predicted octanol–water partition coefficient (Wildman–Crippen LogP) is 4.22. The summed E-state index contributed by atoms with van der Waals surface area (Å²) in [6, 6.07) is 0. The molecule has 0 bridgehead atoms. The third-order valence-electron chi connectivity index (χ3n) is 3.95. The van der Waals surface area contributed by atoms with Crippen LogP contribution in [0.2, 0.25) is 0 Å². The summed E-state index contributed by atoms with van der Waals surface area (Å²) in [4.78, 5) is 9.23. The van der Waals surface area contributed by atoms with Crippen molar-refractivity contribution in [2.24, 2.45) is 0 Å². The molecule has 0 saturated carbocycles. The average Bonchev–Trinajstić information content (AvgIpc) is 2.42. The third kappa shape index (κ3) is 3.27. The fourth-order valence-electron chi connectivity index (χ4n) is 2.64. The number of hydrogen-bond donors (Lipinski definition) is 1. The molecule has 20 heavy (non-hydrogen) atoms. The minimum atomic E-state index is 0.655. The van der Waals surface area contributed by atoms with Crippen LogP contribution in [0.4, 0.5) is 5.82 Å². The van der Waals surface area contributed by atoms with Crippen molar-refractivity contribution in [2.45, 2.75) is 59.3 Å². The van der Waals surface area contributed by atoms with Crippen LogP contribution in [-0.4, -0.2) is 9.97 Å². The summed E-state index contributed by atoms with van der Waals surface area (Å²) in [6.45, 7) is 6.41. The van der Waals surface area contributed by atoms with E-state index in [0.717, 1.165) is 48.3 Å². The van der Waals surface area contributed by atoms with E-state index in [1.54, 1.807) is 0 Å². The van der Waals surface area contributed by atoms with Crippen molar-refractivity contribution in [3.63, 3.8) is 0 Å². The molecule has 1 aliphatic rings. The highest BCUT2D eigenvalue weighted by atomic mass is 15.0. The molecule has 0 aliphatic heterocycles. The van der Waals surface area contributed by atoms with Gasteiger partial charge in [0.1, 0.15) is 5.82 Å². The first kappa shape index (κ1) is 14.8. The van der Waals surface area contributed by atoms with Crippen LogP contribution >= 0.6 is 0 Å². The molecule has 3 nitrogen and oxygen atoms in total. The van der Waals surface area contributed by atoms with Gasteiger partial charge in [-0.3, -0.25) is 0 Å². The summed E-state index contributed by atoms with van der Waals surface area (Å²) >= 11 is 0. The predicted molar refractivity (Wildman–Crippen MR) is 85.4 cm³/mol. The van der Waals surface area contributed by atoms with Gasteiger partial charge >= 0.3 is 0 Å². The highest BCUT2D eigenvalue weighted by Gasteiger charge is 2.14. The quantitative estimate of drug-likeness (QED) is 0.816. The van der Waals surface area contributed by atoms with Gasteiger partial charge in [-0.2, -0.15) is 0 Å². The van der Waals surface area contributed by atoms with Crippen molar-refractivity contribution in [3.8, 4) is 0 Å². The van der Waals surface area contributed by atoms with Crippen LogP contribution in [-0.2, 0) is 6.42 Å². The Morgan fingerprint density at radius 3 is 2.65 bits per heavy atom. The zero-order valence-corrected chi connectivity index (χ0v) is 12.9. The van der Waals surface area contributed by atoms with E-state index in [-0.39, 0.29) is 0 Å². The van der Waals surface area contributed by atoms with E-state index < -0.39 is 0 Å². The first-order chi connectivity index (χ1) is 9.63. The van der Waals surface area contributed by atoms with Crippen molar-refractivity contribution < 1.29 is 0 Å². The first-order valence-corrected chi connectivity index (χ1v) is 7.63. The highest BCUT2D eigenvalue weighted by Crippen LogP contribution is 2.27. The SMILES string of the molecule is CCCCCc1c(C)nc(C2=C(C)CCC=C2)nc1N. The Labute approximate surface area is 122 Å². The molecule has 3 heteroatoms. The number of nitrogens with two attached hydrogens (primary N) is 1. The fraction of sp³-hybridized carbons (Fsp3) is 0.529. The van der Waals surface area contributed by atoms with Crippen molar-refractivity contribution in [1.29, 1.82) is 0 Å². The van der Waals surface area contributed by atoms with Crippen LogP contribution in [0.5, 0.6) is 0 Å². The van der Waals surface area contributed by atoms with E-state index in [2.05, 4.69) is 36.0 Å². The minimum Gasteiger partial charge on any atom is -0.383 e. The molecule has 0 saturated heterocycles. The van der Waals surface area contributed by atoms with Crippen molar-refractivity contribution in [3.05, 3.63) is 34.8 Å². The second-order valence-corrected chi connectivity index (χ2v) is 5.59. The van der Waals surface area contributed by atoms with Crippen LogP contribution in [0.1, 0.15) is 63.0 Å². The Morgan fingerprint density at radius 1 is 1.20 bits per heavy atom. The molecule has 0 aromatic carbocycles. The minimum absolute atomic E-state index is 0.655. The molecule has 1 aromatic rings. The molecule has 1 heterocycles. The number of unbranched alkanes of at least 4 members (excludes halogenated alkanes) is 2. The van der Waals surface area contributed by atoms with Gasteiger partial charge in [0, 0.05) is 16.8 Å². The molecule has 0 spiro atoms. The van der Waals surface area contributed by atoms with Crippen LogP contribution in [0.15, 0.2) is 17.7 Å². The summed E-state index contributed by atoms with van der Waals surface area (Å²) in [5.74, 6) is 1.44. The van der Waals surface area contributed by atoms with Gasteiger partial charge in [-0.05, 0) is 39.5 Å². The maximum absolute atomic E-state index is 6.16. The molecule has 0 unspecified atom stereocenters. The Hall–Kier alpha value is -1.64. The number of aryl methyl sites for hydroxylation is 1. The molecule has 0 atom stereocenters. The van der Waals surface area contributed by atoms with E-state index in [1.807, 2.05) is 6.92 Å². The maximum Gasteiger partial charge on any atom is 0.161 e. The molecule has 0 radical (unpaired) electrons. The second-order valence-electron chi connectivity index (χ2n) is 5.59. The van der Waals surface area contributed by atoms with Gasteiger partial charge in [-0.1, -0.05) is 37.5 Å². The summed E-state index contributed by atoms with van der Waals surface area (Å²) < 4.78 is 0. The average molecular weight is 271 g/mol. The molecule has 1 aliphatic carbocycles. The third-order valence-corrected chi connectivity index (χ3v) is 3.95. The zero-order valence-electron chi connectivity index (χ0n) is 12.9. The van der Waals surface area contributed by atoms with E-state index in [9.17, 15) is 0 Å². The Kier molecular flexibility index (Phi) is 4.94. The number of rotatable bonds is 5. The Balaban J connectivity index is 2.28. The fourth-order valence-corrected chi connectivity index (χ4v) is 2.64. The first-order valence-electron chi connectivity index (χ1n) is 7.63. The summed E-state index contributed by atoms with van der Waals surface area (Å²) in [7, 11) is 0. The van der Waals surface area contributed by atoms with Crippen LogP contribution < -0.4 is 5.73 Å². The van der Waals surface area contributed by atoms with E-state index in [0.29, 0.717) is 5.82 Å². The Bertz CT molecular complexity index is 518. The highest BCUT2D eigenvalue weighted by molar-refractivity contribution is 5.74. The summed E-state index contributed by atoms with van der Waals surface area (Å²) in [5, 5.41) is 0. The van der Waals surface area contributed by atoms with Crippen LogP contribution in [0.25, 0.3) is 5.57 Å². The van der Waals surface area contributed by atoms with Gasteiger partial charge in [0.2, 0.25) is 0 Å². The smallest absolute Gasteiger partial charge is 0.161 e. The molecule has 2 rings (SSSR count). The molecular formula is C17H25N3. The maximum atomic E-state index is 6.16. The normalized spacial score (nSPS) is 14.9. The number of allylic oxidation sites excluding steroid dienone is 4. The number of nitrogen functional groups attached to an aromatic ring is 1. The lowest BCUT2D eigenvalue weighted by Gasteiger charge is -2.14. The summed E-state index contributed by atoms with van der Waals surface area (Å²) in [5.41, 5.74) is 10.8. The van der Waals surface area contributed by atoms with Crippen molar-refractivity contribution in [1.82, 2.24) is 9.97 Å². The standard InChI is InChI=1S/C17H25N3/c1-4-5-6-11-15-13(3)19-17(20-16(15)18)14-10-8-7-9-12(14)2/h8,10H,4-7,9,11H2,1-3H3,(H2,18,19,20). The summed E-state index contributed by atoms with van der Waals surface area (Å²) in [6.07, 6.45) is 11.1. The van der Waals surface area contributed by atoms with Crippen molar-refractivity contribution in [2.75, 3.05) is 5.73 Å². The van der Waals surface area contributed by atoms with Gasteiger partial charge in [-0.25, -0.2) is 9.97 Å². The van der Waals surface area contributed by atoms with Gasteiger partial charge in [0.25, 0.3) is 0 Å². The number of nitrogens with zero attached hydrogens (tertiary/aromatic N) is 2. The lowest BCUT2D eigenvalue weighted by Crippen LogP contribution is -2.08. The lowest BCUT2D eigenvalue weighted by atomic mass is 9.98. The topological polar surface area (TPSA) is 51.8 Å². The number of hydrogen-bond acceptors (Lipinski definition) is 3. The molecule has 0 fully saturated rings. The van der Waals surface area contributed by atoms with E-state index in [4.69, 9.17) is 5.73 Å². The van der Waals surface area contributed by atoms with Gasteiger partial charge in [-0.15, -0.1) is 0 Å². The molecule has 1 aromatic heterocycles. The second kappa shape index (κ2) is 6.69. The van der Waals surface area contributed by atoms with Gasteiger partial charge < -0.3 is 5.73 Å². The monoisotopic (exact) mass is 271 g/mol. The zero-order chi connectivity index (χ0) is 14.5. The molecular weight excluding hydrogens is 246 g/mol. The van der Waals surface area contributed by atoms with Gasteiger partial charge in [0.15, 0.2) is 5.82 Å². The largest absolute Gasteiger partial charge is 0.383 e. The number of aromatic nitrogens is 2. The van der Waals surface area contributed by atoms with Crippen molar-refractivity contribution >= 4 is 11.4 Å².